The van der Waals surface area contributed by atoms with Crippen LogP contribution in [0.2, 0.25) is 5.02 Å². The van der Waals surface area contributed by atoms with Crippen LogP contribution in [-0.2, 0) is 16.0 Å². The van der Waals surface area contributed by atoms with Crippen LogP contribution in [0.5, 0.6) is 11.5 Å². The molecule has 6 heteroatoms. The second-order valence-corrected chi connectivity index (χ2v) is 5.39. The molecule has 0 spiro atoms. The fraction of sp³-hybridized carbons (Fsp3) is 0.500. The van der Waals surface area contributed by atoms with Gasteiger partial charge in [0.1, 0.15) is 0 Å². The van der Waals surface area contributed by atoms with Gasteiger partial charge in [-0.15, -0.1) is 0 Å². The first-order chi connectivity index (χ1) is 9.51. The van der Waals surface area contributed by atoms with Gasteiger partial charge in [-0.2, -0.15) is 0 Å². The molecule has 1 aliphatic heterocycles. The molecule has 110 valence electrons. The number of esters is 1. The van der Waals surface area contributed by atoms with E-state index < -0.39 is 0 Å². The number of ether oxygens (including phenoxy) is 3. The summed E-state index contributed by atoms with van der Waals surface area (Å²) in [6.07, 6.45) is 0.500. The zero-order valence-corrected chi connectivity index (χ0v) is 12.6. The van der Waals surface area contributed by atoms with Crippen molar-refractivity contribution in [3.8, 4) is 11.5 Å². The number of carbonyl (C=O) groups excluding carboxylic acids is 1. The lowest BCUT2D eigenvalue weighted by Crippen LogP contribution is -2.30. The molecule has 0 saturated heterocycles. The van der Waals surface area contributed by atoms with E-state index in [2.05, 4.69) is 0 Å². The summed E-state index contributed by atoms with van der Waals surface area (Å²) >= 11 is 6.24. The summed E-state index contributed by atoms with van der Waals surface area (Å²) < 4.78 is 15.5. The standard InChI is InChI=1S/C14H18ClNO4/c1-16(2)7-10(14(17)18-3)4-9-5-12-13(6-11(9)15)20-8-19-12/h5-6,10H,4,7-8H2,1-3H3. The number of methoxy groups -OCH3 is 1. The van der Waals surface area contributed by atoms with Crippen molar-refractivity contribution in [3.63, 3.8) is 0 Å². The number of carbonyl (C=O) groups is 1. The number of hydrogen-bond acceptors (Lipinski definition) is 5. The molecule has 0 radical (unpaired) electrons. The zero-order valence-electron chi connectivity index (χ0n) is 11.8. The maximum atomic E-state index is 11.8. The normalized spacial score (nSPS) is 14.4. The maximum absolute atomic E-state index is 11.8. The van der Waals surface area contributed by atoms with Gasteiger partial charge in [0.05, 0.1) is 13.0 Å². The van der Waals surface area contributed by atoms with E-state index in [1.165, 1.54) is 7.11 Å². The molecule has 0 aliphatic carbocycles. The van der Waals surface area contributed by atoms with Crippen molar-refractivity contribution < 1.29 is 19.0 Å². The molecule has 0 bridgehead atoms. The Balaban J connectivity index is 2.19. The summed E-state index contributed by atoms with van der Waals surface area (Å²) in [7, 11) is 5.22. The second kappa shape index (κ2) is 6.33. The molecule has 1 aromatic carbocycles. The van der Waals surface area contributed by atoms with E-state index in [1.54, 1.807) is 6.07 Å². The Bertz CT molecular complexity index is 504. The Morgan fingerprint density at radius 2 is 2.05 bits per heavy atom. The molecule has 0 saturated carbocycles. The minimum Gasteiger partial charge on any atom is -0.469 e. The van der Waals surface area contributed by atoms with E-state index in [1.807, 2.05) is 25.1 Å². The van der Waals surface area contributed by atoms with E-state index in [0.717, 1.165) is 5.56 Å². The third kappa shape index (κ3) is 3.35. The largest absolute Gasteiger partial charge is 0.469 e. The summed E-state index contributed by atoms with van der Waals surface area (Å²) in [5, 5.41) is 0.571. The lowest BCUT2D eigenvalue weighted by atomic mass is 9.98. The molecule has 1 aliphatic rings. The van der Waals surface area contributed by atoms with Crippen LogP contribution >= 0.6 is 11.6 Å². The van der Waals surface area contributed by atoms with Gasteiger partial charge in [-0.25, -0.2) is 0 Å². The van der Waals surface area contributed by atoms with Crippen LogP contribution in [0, 0.1) is 5.92 Å². The topological polar surface area (TPSA) is 48.0 Å². The molecular weight excluding hydrogens is 282 g/mol. The minimum atomic E-state index is -0.270. The predicted molar refractivity (Wildman–Crippen MR) is 75.3 cm³/mol. The Hall–Kier alpha value is -1.46. The molecule has 0 N–H and O–H groups in total. The monoisotopic (exact) mass is 299 g/mol. The van der Waals surface area contributed by atoms with Crippen molar-refractivity contribution in [3.05, 3.63) is 22.7 Å². The molecule has 5 nitrogen and oxygen atoms in total. The van der Waals surface area contributed by atoms with E-state index >= 15 is 0 Å². The van der Waals surface area contributed by atoms with Crippen LogP contribution in [0.25, 0.3) is 0 Å². The summed E-state index contributed by atoms with van der Waals surface area (Å²) in [5.41, 5.74) is 0.855. The number of rotatable bonds is 5. The van der Waals surface area contributed by atoms with E-state index in [9.17, 15) is 4.79 Å². The molecule has 1 aromatic rings. The van der Waals surface area contributed by atoms with Gasteiger partial charge in [0, 0.05) is 17.6 Å². The Kier molecular flexibility index (Phi) is 4.73. The van der Waals surface area contributed by atoms with Gasteiger partial charge in [0.25, 0.3) is 0 Å². The van der Waals surface area contributed by atoms with Crippen molar-refractivity contribution in [2.75, 3.05) is 34.5 Å². The highest BCUT2D eigenvalue weighted by Crippen LogP contribution is 2.37. The molecule has 0 fully saturated rings. The van der Waals surface area contributed by atoms with Gasteiger partial charge in [-0.1, -0.05) is 11.6 Å². The van der Waals surface area contributed by atoms with Crippen molar-refractivity contribution >= 4 is 17.6 Å². The van der Waals surface area contributed by atoms with Crippen LogP contribution in [0.1, 0.15) is 5.56 Å². The highest BCUT2D eigenvalue weighted by molar-refractivity contribution is 6.31. The van der Waals surface area contributed by atoms with Crippen LogP contribution in [0.15, 0.2) is 12.1 Å². The zero-order chi connectivity index (χ0) is 14.7. The average Bonchev–Trinajstić information content (AvgIpc) is 2.83. The van der Waals surface area contributed by atoms with E-state index in [-0.39, 0.29) is 18.7 Å². The highest BCUT2D eigenvalue weighted by atomic mass is 35.5. The van der Waals surface area contributed by atoms with Gasteiger partial charge < -0.3 is 19.1 Å². The highest BCUT2D eigenvalue weighted by Gasteiger charge is 2.24. The summed E-state index contributed by atoms with van der Waals surface area (Å²) in [6.45, 7) is 0.796. The Labute approximate surface area is 123 Å². The van der Waals surface area contributed by atoms with Crippen molar-refractivity contribution in [2.24, 2.45) is 5.92 Å². The second-order valence-electron chi connectivity index (χ2n) is 4.98. The van der Waals surface area contributed by atoms with Gasteiger partial charge >= 0.3 is 5.97 Å². The van der Waals surface area contributed by atoms with Gasteiger partial charge in [0.2, 0.25) is 6.79 Å². The number of halogens is 1. The van der Waals surface area contributed by atoms with Crippen molar-refractivity contribution in [1.29, 1.82) is 0 Å². The van der Waals surface area contributed by atoms with Crippen LogP contribution in [0.4, 0.5) is 0 Å². The molecule has 20 heavy (non-hydrogen) atoms. The van der Waals surface area contributed by atoms with Crippen molar-refractivity contribution in [1.82, 2.24) is 4.90 Å². The number of fused-ring (bicyclic) bond motifs is 1. The first-order valence-electron chi connectivity index (χ1n) is 6.32. The van der Waals surface area contributed by atoms with E-state index in [0.29, 0.717) is 29.5 Å². The molecule has 0 aromatic heterocycles. The SMILES string of the molecule is COC(=O)C(Cc1cc2c(cc1Cl)OCO2)CN(C)C. The summed E-state index contributed by atoms with van der Waals surface area (Å²) in [5.74, 6) is 0.791. The van der Waals surface area contributed by atoms with E-state index in [4.69, 9.17) is 25.8 Å². The summed E-state index contributed by atoms with van der Waals surface area (Å²) in [6, 6.07) is 3.56. The van der Waals surface area contributed by atoms with Crippen molar-refractivity contribution in [2.45, 2.75) is 6.42 Å². The molecular formula is C14H18ClNO4. The predicted octanol–water partition coefficient (Wildman–Crippen LogP) is 1.96. The minimum absolute atomic E-state index is 0.202. The quantitative estimate of drug-likeness (QED) is 0.778. The lowest BCUT2D eigenvalue weighted by Gasteiger charge is -2.19. The molecule has 1 unspecified atom stereocenters. The van der Waals surface area contributed by atoms with Gasteiger partial charge in [-0.3, -0.25) is 4.79 Å². The Morgan fingerprint density at radius 3 is 2.65 bits per heavy atom. The van der Waals surface area contributed by atoms with Gasteiger partial charge in [0.15, 0.2) is 11.5 Å². The average molecular weight is 300 g/mol. The third-order valence-electron chi connectivity index (χ3n) is 3.13. The number of benzene rings is 1. The lowest BCUT2D eigenvalue weighted by molar-refractivity contribution is -0.145. The smallest absolute Gasteiger partial charge is 0.310 e. The van der Waals surface area contributed by atoms with Crippen LogP contribution < -0.4 is 9.47 Å². The van der Waals surface area contributed by atoms with Crippen LogP contribution in [-0.4, -0.2) is 45.4 Å². The molecule has 2 rings (SSSR count). The fourth-order valence-electron chi connectivity index (χ4n) is 2.21. The summed E-state index contributed by atoms with van der Waals surface area (Å²) in [4.78, 5) is 13.8. The molecule has 0 amide bonds. The number of nitrogens with zero attached hydrogens (tertiary/aromatic N) is 1. The fourth-order valence-corrected chi connectivity index (χ4v) is 2.44. The molecule has 1 atom stereocenters. The first-order valence-corrected chi connectivity index (χ1v) is 6.69. The maximum Gasteiger partial charge on any atom is 0.310 e. The Morgan fingerprint density at radius 1 is 1.40 bits per heavy atom. The van der Waals surface area contributed by atoms with Gasteiger partial charge in [-0.05, 0) is 32.1 Å². The first kappa shape index (κ1) is 14.9. The third-order valence-corrected chi connectivity index (χ3v) is 3.48. The molecule has 1 heterocycles. The number of hydrogen-bond donors (Lipinski definition) is 0. The van der Waals surface area contributed by atoms with Crippen LogP contribution in [0.3, 0.4) is 0 Å².